The molecule has 0 bridgehead atoms. The van der Waals surface area contributed by atoms with Crippen LogP contribution in [0.4, 0.5) is 0 Å². The molecule has 6 heteroatoms. The van der Waals surface area contributed by atoms with E-state index in [9.17, 15) is 9.90 Å². The molecule has 2 aliphatic rings. The van der Waals surface area contributed by atoms with Gasteiger partial charge in [0.25, 0.3) is 0 Å². The second-order valence-electron chi connectivity index (χ2n) is 5.27. The predicted octanol–water partition coefficient (Wildman–Crippen LogP) is 1.15. The first-order valence-corrected chi connectivity index (χ1v) is 6.17. The molecule has 0 radical (unpaired) electrons. The number of aromatic nitrogens is 4. The molecule has 1 atom stereocenters. The highest BCUT2D eigenvalue weighted by atomic mass is 16.4. The van der Waals surface area contributed by atoms with Crippen LogP contribution in [0.1, 0.15) is 50.8 Å². The topological polar surface area (TPSA) is 80.9 Å². The Kier molecular flexibility index (Phi) is 2.21. The number of carboxylic acid groups (broad SMARTS) is 1. The van der Waals surface area contributed by atoms with E-state index in [2.05, 4.69) is 22.4 Å². The molecule has 3 rings (SSSR count). The van der Waals surface area contributed by atoms with Gasteiger partial charge in [0.2, 0.25) is 0 Å². The van der Waals surface area contributed by atoms with Crippen LogP contribution in [0.15, 0.2) is 0 Å². The number of carbonyl (C=O) groups is 1. The number of hydrogen-bond acceptors (Lipinski definition) is 4. The zero-order chi connectivity index (χ0) is 12.0. The maximum Gasteiger partial charge on any atom is 0.331 e. The molecule has 2 aliphatic carbocycles. The predicted molar refractivity (Wildman–Crippen MR) is 58.4 cm³/mol. The van der Waals surface area contributed by atoms with Crippen LogP contribution in [0.3, 0.4) is 0 Å². The number of rotatable bonds is 4. The standard InChI is InChI=1S/C11H16N4O2/c1-7(8-3-4-8)9-12-13-14-15(9)11(10(16)17)5-2-6-11/h7-8H,2-6H2,1H3,(H,16,17). The zero-order valence-electron chi connectivity index (χ0n) is 9.83. The van der Waals surface area contributed by atoms with Gasteiger partial charge in [-0.1, -0.05) is 6.92 Å². The van der Waals surface area contributed by atoms with Crippen molar-refractivity contribution in [1.82, 2.24) is 20.2 Å². The third-order valence-electron chi connectivity index (χ3n) is 4.21. The fourth-order valence-electron chi connectivity index (χ4n) is 2.62. The maximum atomic E-state index is 11.4. The molecule has 0 spiro atoms. The Morgan fingerprint density at radius 3 is 2.71 bits per heavy atom. The van der Waals surface area contributed by atoms with E-state index in [1.54, 1.807) is 4.68 Å². The van der Waals surface area contributed by atoms with Crippen molar-refractivity contribution < 1.29 is 9.90 Å². The van der Waals surface area contributed by atoms with E-state index in [0.29, 0.717) is 18.8 Å². The lowest BCUT2D eigenvalue weighted by molar-refractivity contribution is -0.153. The van der Waals surface area contributed by atoms with Gasteiger partial charge in [0, 0.05) is 5.92 Å². The summed E-state index contributed by atoms with van der Waals surface area (Å²) in [6.45, 7) is 2.09. The summed E-state index contributed by atoms with van der Waals surface area (Å²) in [7, 11) is 0. The molecular weight excluding hydrogens is 220 g/mol. The first kappa shape index (κ1) is 10.7. The van der Waals surface area contributed by atoms with Crippen LogP contribution in [0.25, 0.3) is 0 Å². The SMILES string of the molecule is CC(c1nnnn1C1(C(=O)O)CCC1)C1CC1. The van der Waals surface area contributed by atoms with E-state index in [1.807, 2.05) is 0 Å². The van der Waals surface area contributed by atoms with E-state index in [0.717, 1.165) is 12.2 Å². The first-order chi connectivity index (χ1) is 8.15. The van der Waals surface area contributed by atoms with Gasteiger partial charge in [-0.25, -0.2) is 9.48 Å². The molecule has 0 aromatic carbocycles. The molecule has 2 fully saturated rings. The van der Waals surface area contributed by atoms with Gasteiger partial charge in [-0.3, -0.25) is 0 Å². The second-order valence-corrected chi connectivity index (χ2v) is 5.27. The lowest BCUT2D eigenvalue weighted by Crippen LogP contribution is -2.49. The quantitative estimate of drug-likeness (QED) is 0.848. The highest BCUT2D eigenvalue weighted by Crippen LogP contribution is 2.45. The summed E-state index contributed by atoms with van der Waals surface area (Å²) in [6, 6.07) is 0. The molecule has 1 heterocycles. The molecule has 0 aliphatic heterocycles. The van der Waals surface area contributed by atoms with Crippen LogP contribution < -0.4 is 0 Å². The van der Waals surface area contributed by atoms with E-state index < -0.39 is 11.5 Å². The maximum absolute atomic E-state index is 11.4. The largest absolute Gasteiger partial charge is 0.479 e. The lowest BCUT2D eigenvalue weighted by Gasteiger charge is -2.38. The average Bonchev–Trinajstić information content (AvgIpc) is 2.95. The first-order valence-electron chi connectivity index (χ1n) is 6.17. The Labute approximate surface area is 99.0 Å². The Morgan fingerprint density at radius 2 is 2.24 bits per heavy atom. The van der Waals surface area contributed by atoms with Crippen LogP contribution >= 0.6 is 0 Å². The highest BCUT2D eigenvalue weighted by molar-refractivity contribution is 5.77. The van der Waals surface area contributed by atoms with Crippen molar-refractivity contribution in [3.63, 3.8) is 0 Å². The molecule has 2 saturated carbocycles. The minimum atomic E-state index is -0.873. The Balaban J connectivity index is 1.97. The van der Waals surface area contributed by atoms with Gasteiger partial charge in [0.05, 0.1) is 0 Å². The molecule has 17 heavy (non-hydrogen) atoms. The van der Waals surface area contributed by atoms with Gasteiger partial charge in [-0.15, -0.1) is 5.10 Å². The van der Waals surface area contributed by atoms with Crippen LogP contribution in [-0.4, -0.2) is 31.3 Å². The Hall–Kier alpha value is -1.46. The van der Waals surface area contributed by atoms with Crippen LogP contribution in [0.5, 0.6) is 0 Å². The summed E-state index contributed by atoms with van der Waals surface area (Å²) < 4.78 is 1.57. The molecular formula is C11H16N4O2. The molecule has 0 amide bonds. The average molecular weight is 236 g/mol. The van der Waals surface area contributed by atoms with E-state index >= 15 is 0 Å². The number of tetrazole rings is 1. The second kappa shape index (κ2) is 3.51. The lowest BCUT2D eigenvalue weighted by atomic mass is 9.76. The van der Waals surface area contributed by atoms with Crippen molar-refractivity contribution >= 4 is 5.97 Å². The van der Waals surface area contributed by atoms with Crippen molar-refractivity contribution in [1.29, 1.82) is 0 Å². The molecule has 6 nitrogen and oxygen atoms in total. The van der Waals surface area contributed by atoms with Gasteiger partial charge < -0.3 is 5.11 Å². The highest BCUT2D eigenvalue weighted by Gasteiger charge is 2.50. The number of hydrogen-bond donors (Lipinski definition) is 1. The number of aliphatic carboxylic acids is 1. The van der Waals surface area contributed by atoms with Crippen molar-refractivity contribution in [2.75, 3.05) is 0 Å². The van der Waals surface area contributed by atoms with Crippen molar-refractivity contribution in [3.05, 3.63) is 5.82 Å². The summed E-state index contributed by atoms with van der Waals surface area (Å²) in [5, 5.41) is 21.1. The van der Waals surface area contributed by atoms with Gasteiger partial charge in [0.1, 0.15) is 0 Å². The molecule has 1 aromatic heterocycles. The van der Waals surface area contributed by atoms with Gasteiger partial charge in [-0.05, 0) is 48.4 Å². The minimum Gasteiger partial charge on any atom is -0.479 e. The minimum absolute atomic E-state index is 0.266. The summed E-state index contributed by atoms with van der Waals surface area (Å²) in [5.74, 6) is 0.836. The Bertz CT molecular complexity index is 448. The van der Waals surface area contributed by atoms with Crippen molar-refractivity contribution in [3.8, 4) is 0 Å². The number of nitrogens with zero attached hydrogens (tertiary/aromatic N) is 4. The zero-order valence-corrected chi connectivity index (χ0v) is 9.83. The van der Waals surface area contributed by atoms with Crippen molar-refractivity contribution in [2.45, 2.75) is 50.5 Å². The summed E-state index contributed by atoms with van der Waals surface area (Å²) >= 11 is 0. The summed E-state index contributed by atoms with van der Waals surface area (Å²) in [4.78, 5) is 11.4. The molecule has 0 saturated heterocycles. The summed E-state index contributed by atoms with van der Waals surface area (Å²) in [5.41, 5.74) is -0.873. The fraction of sp³-hybridized carbons (Fsp3) is 0.818. The number of carboxylic acids is 1. The van der Waals surface area contributed by atoms with Gasteiger partial charge in [-0.2, -0.15) is 0 Å². The molecule has 1 unspecified atom stereocenters. The van der Waals surface area contributed by atoms with Crippen LogP contribution in [-0.2, 0) is 10.3 Å². The van der Waals surface area contributed by atoms with E-state index in [4.69, 9.17) is 0 Å². The normalized spacial score (nSPS) is 24.1. The fourth-order valence-corrected chi connectivity index (χ4v) is 2.62. The molecule has 92 valence electrons. The van der Waals surface area contributed by atoms with Gasteiger partial charge >= 0.3 is 5.97 Å². The third-order valence-corrected chi connectivity index (χ3v) is 4.21. The molecule has 1 N–H and O–H groups in total. The third kappa shape index (κ3) is 1.46. The Morgan fingerprint density at radius 1 is 1.53 bits per heavy atom. The van der Waals surface area contributed by atoms with Crippen molar-refractivity contribution in [2.24, 2.45) is 5.92 Å². The summed E-state index contributed by atoms with van der Waals surface area (Å²) in [6.07, 6.45) is 4.61. The van der Waals surface area contributed by atoms with Gasteiger partial charge in [0.15, 0.2) is 11.4 Å². The van der Waals surface area contributed by atoms with Crippen LogP contribution in [0.2, 0.25) is 0 Å². The van der Waals surface area contributed by atoms with E-state index in [1.165, 1.54) is 12.8 Å². The molecule has 1 aromatic rings. The monoisotopic (exact) mass is 236 g/mol. The smallest absolute Gasteiger partial charge is 0.331 e. The van der Waals surface area contributed by atoms with E-state index in [-0.39, 0.29) is 5.92 Å². The van der Waals surface area contributed by atoms with Crippen LogP contribution in [0, 0.1) is 5.92 Å².